The van der Waals surface area contributed by atoms with Crippen molar-refractivity contribution in [3.63, 3.8) is 0 Å². The number of aromatic amines is 1. The molecule has 4 aromatic rings. The molecule has 3 aliphatic carbocycles. The number of anilines is 1. The monoisotopic (exact) mass is 422 g/mol. The normalized spacial score (nSPS) is 25.5. The Labute approximate surface area is 178 Å². The van der Waals surface area contributed by atoms with E-state index in [9.17, 15) is 8.78 Å². The summed E-state index contributed by atoms with van der Waals surface area (Å²) >= 11 is 0. The molecule has 0 unspecified atom stereocenters. The van der Waals surface area contributed by atoms with Crippen molar-refractivity contribution in [1.82, 2.24) is 24.7 Å². The van der Waals surface area contributed by atoms with Crippen LogP contribution < -0.4 is 5.32 Å². The quantitative estimate of drug-likeness (QED) is 0.486. The second-order valence-electron chi connectivity index (χ2n) is 9.15. The molecular formula is C23H24F2N6. The Bertz CT molecular complexity index is 1300. The van der Waals surface area contributed by atoms with Gasteiger partial charge in [0.05, 0.1) is 5.39 Å². The lowest BCUT2D eigenvalue weighted by Gasteiger charge is -2.47. The predicted molar refractivity (Wildman–Crippen MR) is 116 cm³/mol. The number of hydrogen-bond donors (Lipinski definition) is 2. The van der Waals surface area contributed by atoms with Crippen molar-refractivity contribution >= 4 is 27.8 Å². The predicted octanol–water partition coefficient (Wildman–Crippen LogP) is 5.03. The van der Waals surface area contributed by atoms with E-state index in [1.165, 1.54) is 31.7 Å². The average Bonchev–Trinajstić information content (AvgIpc) is 3.35. The molecule has 2 atom stereocenters. The second-order valence-corrected chi connectivity index (χ2v) is 9.15. The van der Waals surface area contributed by atoms with E-state index in [2.05, 4.69) is 22.4 Å². The highest BCUT2D eigenvalue weighted by atomic mass is 19.1. The summed E-state index contributed by atoms with van der Waals surface area (Å²) in [6.07, 6.45) is 7.10. The van der Waals surface area contributed by atoms with Gasteiger partial charge in [0.2, 0.25) is 0 Å². The molecular weight excluding hydrogens is 398 g/mol. The van der Waals surface area contributed by atoms with Crippen LogP contribution in [0, 0.1) is 29.4 Å². The molecule has 6 nitrogen and oxygen atoms in total. The summed E-state index contributed by atoms with van der Waals surface area (Å²) < 4.78 is 30.0. The molecule has 0 spiro atoms. The van der Waals surface area contributed by atoms with Crippen molar-refractivity contribution in [2.24, 2.45) is 24.8 Å². The Morgan fingerprint density at radius 3 is 2.61 bits per heavy atom. The number of halogens is 2. The largest absolute Gasteiger partial charge is 0.366 e. The zero-order valence-corrected chi connectivity index (χ0v) is 17.5. The molecule has 3 heterocycles. The summed E-state index contributed by atoms with van der Waals surface area (Å²) in [6.45, 7) is 2.34. The summed E-state index contributed by atoms with van der Waals surface area (Å²) in [7, 11) is 1.93. The number of fused-ring (bicyclic) bond motifs is 5. The van der Waals surface area contributed by atoms with Gasteiger partial charge in [0.15, 0.2) is 11.6 Å². The topological polar surface area (TPSA) is 71.4 Å². The van der Waals surface area contributed by atoms with Gasteiger partial charge in [0.25, 0.3) is 0 Å². The van der Waals surface area contributed by atoms with E-state index in [4.69, 9.17) is 9.97 Å². The van der Waals surface area contributed by atoms with Gasteiger partial charge >= 0.3 is 0 Å². The fourth-order valence-electron chi connectivity index (χ4n) is 5.73. The summed E-state index contributed by atoms with van der Waals surface area (Å²) in [5.74, 6) is 1.77. The van der Waals surface area contributed by atoms with Crippen LogP contribution in [-0.2, 0) is 7.05 Å². The fourth-order valence-corrected chi connectivity index (χ4v) is 5.73. The molecule has 0 radical (unpaired) electrons. The average molecular weight is 422 g/mol. The summed E-state index contributed by atoms with van der Waals surface area (Å²) in [6, 6.07) is 4.48. The third kappa shape index (κ3) is 2.84. The van der Waals surface area contributed by atoms with E-state index in [0.29, 0.717) is 34.8 Å². The standard InChI is InChI=1S/C23H24F2N6/c1-11-12-3-5-13(6-4-12)18(11)26-21-15-7-8-31(2)23(15)28-22(27-21)20-16-9-14(24)10-17(25)19(16)29-30-20/h7-13,18H,3-6H2,1-2H3,(H,29,30)(H,26,27,28)/t11-,12?,13?,18+/m1/s1. The van der Waals surface area contributed by atoms with E-state index in [0.717, 1.165) is 28.8 Å². The highest BCUT2D eigenvalue weighted by Crippen LogP contribution is 2.46. The Hall–Kier alpha value is -3.03. The van der Waals surface area contributed by atoms with Gasteiger partial charge in [0.1, 0.15) is 28.5 Å². The van der Waals surface area contributed by atoms with E-state index in [-0.39, 0.29) is 5.52 Å². The number of hydrogen-bond acceptors (Lipinski definition) is 4. The Morgan fingerprint density at radius 2 is 1.84 bits per heavy atom. The first-order chi connectivity index (χ1) is 15.0. The lowest BCUT2D eigenvalue weighted by atomic mass is 9.62. The number of H-pyrrole nitrogens is 1. The molecule has 3 aliphatic rings. The van der Waals surface area contributed by atoms with E-state index in [1.54, 1.807) is 0 Å². The number of aryl methyl sites for hydroxylation is 1. The fraction of sp³-hybridized carbons (Fsp3) is 0.435. The highest BCUT2D eigenvalue weighted by Gasteiger charge is 2.41. The Morgan fingerprint density at radius 1 is 1.06 bits per heavy atom. The molecule has 7 rings (SSSR count). The minimum absolute atomic E-state index is 0.0831. The van der Waals surface area contributed by atoms with E-state index < -0.39 is 11.6 Å². The molecule has 3 saturated carbocycles. The first-order valence-corrected chi connectivity index (χ1v) is 10.9. The molecule has 2 bridgehead atoms. The molecule has 3 fully saturated rings. The lowest BCUT2D eigenvalue weighted by molar-refractivity contribution is 0.0929. The second kappa shape index (κ2) is 6.73. The first kappa shape index (κ1) is 18.7. The van der Waals surface area contributed by atoms with Crippen molar-refractivity contribution < 1.29 is 8.78 Å². The smallest absolute Gasteiger partial charge is 0.182 e. The number of rotatable bonds is 3. The van der Waals surface area contributed by atoms with Crippen LogP contribution in [0.25, 0.3) is 33.5 Å². The highest BCUT2D eigenvalue weighted by molar-refractivity contribution is 5.94. The van der Waals surface area contributed by atoms with E-state index >= 15 is 0 Å². The third-order valence-corrected chi connectivity index (χ3v) is 7.46. The lowest BCUT2D eigenvalue weighted by Crippen LogP contribution is -2.47. The van der Waals surface area contributed by atoms with Gasteiger partial charge in [-0.3, -0.25) is 5.10 Å². The molecule has 0 saturated heterocycles. The molecule has 31 heavy (non-hydrogen) atoms. The van der Waals surface area contributed by atoms with Gasteiger partial charge in [-0.25, -0.2) is 18.7 Å². The van der Waals surface area contributed by atoms with Gasteiger partial charge in [-0.05, 0) is 55.6 Å². The maximum Gasteiger partial charge on any atom is 0.182 e. The van der Waals surface area contributed by atoms with Crippen LogP contribution in [0.5, 0.6) is 0 Å². The van der Waals surface area contributed by atoms with Crippen molar-refractivity contribution in [1.29, 1.82) is 0 Å². The maximum atomic E-state index is 14.2. The van der Waals surface area contributed by atoms with Crippen molar-refractivity contribution in [3.8, 4) is 11.5 Å². The zero-order valence-electron chi connectivity index (χ0n) is 17.5. The van der Waals surface area contributed by atoms with Crippen LogP contribution >= 0.6 is 0 Å². The molecule has 2 N–H and O–H groups in total. The number of benzene rings is 1. The van der Waals surface area contributed by atoms with Crippen LogP contribution in [0.2, 0.25) is 0 Å². The van der Waals surface area contributed by atoms with Gasteiger partial charge in [-0.2, -0.15) is 5.10 Å². The zero-order chi connectivity index (χ0) is 21.3. The van der Waals surface area contributed by atoms with E-state index in [1.807, 2.05) is 23.9 Å². The third-order valence-electron chi connectivity index (χ3n) is 7.46. The van der Waals surface area contributed by atoms with Crippen LogP contribution in [0.1, 0.15) is 32.6 Å². The van der Waals surface area contributed by atoms with Crippen molar-refractivity contribution in [2.75, 3.05) is 5.32 Å². The molecule has 0 aliphatic heterocycles. The molecule has 8 heteroatoms. The summed E-state index contributed by atoms with van der Waals surface area (Å²) in [5.41, 5.74) is 1.26. The molecule has 160 valence electrons. The maximum absolute atomic E-state index is 14.2. The molecule has 3 aromatic heterocycles. The van der Waals surface area contributed by atoms with Crippen LogP contribution in [0.4, 0.5) is 14.6 Å². The summed E-state index contributed by atoms with van der Waals surface area (Å²) in [5, 5.41) is 11.9. The van der Waals surface area contributed by atoms with Gasteiger partial charge in [0, 0.05) is 30.7 Å². The van der Waals surface area contributed by atoms with Gasteiger partial charge in [-0.1, -0.05) is 6.92 Å². The van der Waals surface area contributed by atoms with Crippen molar-refractivity contribution in [3.05, 3.63) is 36.0 Å². The molecule has 1 aromatic carbocycles. The number of nitrogens with zero attached hydrogens (tertiary/aromatic N) is 4. The van der Waals surface area contributed by atoms with Gasteiger partial charge < -0.3 is 9.88 Å². The molecule has 0 amide bonds. The SMILES string of the molecule is C[C@@H]1C2CCC(CC2)[C@H]1Nc1nc(-c2[nH]nc3c(F)cc(F)cc23)nc2c1ccn2C. The van der Waals surface area contributed by atoms with Crippen molar-refractivity contribution in [2.45, 2.75) is 38.6 Å². The number of aromatic nitrogens is 5. The minimum atomic E-state index is -0.706. The Kier molecular flexibility index (Phi) is 4.07. The number of nitrogens with one attached hydrogen (secondary N) is 2. The minimum Gasteiger partial charge on any atom is -0.366 e. The van der Waals surface area contributed by atoms with Gasteiger partial charge in [-0.15, -0.1) is 0 Å². The van der Waals surface area contributed by atoms with Crippen LogP contribution in [-0.4, -0.2) is 30.8 Å². The van der Waals surface area contributed by atoms with Crippen LogP contribution in [0.3, 0.4) is 0 Å². The summed E-state index contributed by atoms with van der Waals surface area (Å²) in [4.78, 5) is 9.53. The van der Waals surface area contributed by atoms with Crippen LogP contribution in [0.15, 0.2) is 24.4 Å². The first-order valence-electron chi connectivity index (χ1n) is 10.9. The Balaban J connectivity index is 1.49.